The Balaban J connectivity index is 2.54. The van der Waals surface area contributed by atoms with Gasteiger partial charge in [-0.05, 0) is 0 Å². The SMILES string of the molecule is CNc1nc(-n2cc(Cl)cn2)cc(C(F)(F)F)n1. The number of rotatable bonds is 2. The summed E-state index contributed by atoms with van der Waals surface area (Å²) in [7, 11) is 1.43. The predicted octanol–water partition coefficient (Wildman–Crippen LogP) is 2.38. The summed E-state index contributed by atoms with van der Waals surface area (Å²) < 4.78 is 39.0. The summed E-state index contributed by atoms with van der Waals surface area (Å²) in [6.07, 6.45) is -1.90. The molecule has 0 radical (unpaired) electrons. The molecule has 2 aromatic heterocycles. The smallest absolute Gasteiger partial charge is 0.357 e. The van der Waals surface area contributed by atoms with E-state index in [1.807, 2.05) is 0 Å². The van der Waals surface area contributed by atoms with Gasteiger partial charge in [0, 0.05) is 13.1 Å². The number of nitrogens with zero attached hydrogens (tertiary/aromatic N) is 4. The van der Waals surface area contributed by atoms with Crippen molar-refractivity contribution in [2.24, 2.45) is 0 Å². The van der Waals surface area contributed by atoms with Crippen molar-refractivity contribution >= 4 is 17.5 Å². The fourth-order valence-corrected chi connectivity index (χ4v) is 1.37. The van der Waals surface area contributed by atoms with Crippen LogP contribution in [0.15, 0.2) is 18.5 Å². The van der Waals surface area contributed by atoms with Gasteiger partial charge in [-0.25, -0.2) is 9.67 Å². The Morgan fingerprint density at radius 2 is 2.06 bits per heavy atom. The molecule has 0 fully saturated rings. The van der Waals surface area contributed by atoms with Crippen LogP contribution in [0.1, 0.15) is 5.69 Å². The molecule has 0 saturated heterocycles. The summed E-state index contributed by atoms with van der Waals surface area (Å²) in [5.41, 5.74) is -1.05. The second-order valence-corrected chi connectivity index (χ2v) is 3.72. The molecule has 1 N–H and O–H groups in total. The first-order chi connectivity index (χ1) is 8.40. The lowest BCUT2D eigenvalue weighted by atomic mass is 10.4. The largest absolute Gasteiger partial charge is 0.433 e. The third-order valence-corrected chi connectivity index (χ3v) is 2.21. The van der Waals surface area contributed by atoms with E-state index in [0.717, 1.165) is 10.7 Å². The van der Waals surface area contributed by atoms with E-state index in [4.69, 9.17) is 11.6 Å². The maximum Gasteiger partial charge on any atom is 0.433 e. The summed E-state index contributed by atoms with van der Waals surface area (Å²) in [6.45, 7) is 0. The van der Waals surface area contributed by atoms with E-state index >= 15 is 0 Å². The standard InChI is InChI=1S/C9H7ClF3N5/c1-14-8-16-6(9(11,12)13)2-7(17-8)18-4-5(10)3-15-18/h2-4H,1H3,(H,14,16,17). The highest BCUT2D eigenvalue weighted by atomic mass is 35.5. The molecule has 0 saturated carbocycles. The van der Waals surface area contributed by atoms with E-state index in [9.17, 15) is 13.2 Å². The van der Waals surface area contributed by atoms with E-state index in [0.29, 0.717) is 5.02 Å². The lowest BCUT2D eigenvalue weighted by Crippen LogP contribution is -2.13. The van der Waals surface area contributed by atoms with Crippen molar-refractivity contribution < 1.29 is 13.2 Å². The van der Waals surface area contributed by atoms with Crippen molar-refractivity contribution in [2.45, 2.75) is 6.18 Å². The predicted molar refractivity (Wildman–Crippen MR) is 58.7 cm³/mol. The average molecular weight is 278 g/mol. The molecule has 9 heteroatoms. The Bertz CT molecular complexity index is 566. The summed E-state index contributed by atoms with van der Waals surface area (Å²) in [6, 6.07) is 0.796. The van der Waals surface area contributed by atoms with Gasteiger partial charge in [0.15, 0.2) is 11.5 Å². The van der Waals surface area contributed by atoms with Crippen molar-refractivity contribution in [3.8, 4) is 5.82 Å². The molecule has 0 bridgehead atoms. The zero-order valence-corrected chi connectivity index (χ0v) is 9.79. The topological polar surface area (TPSA) is 55.6 Å². The fourth-order valence-electron chi connectivity index (χ4n) is 1.23. The highest BCUT2D eigenvalue weighted by Gasteiger charge is 2.33. The van der Waals surface area contributed by atoms with Crippen LogP contribution in [-0.4, -0.2) is 26.8 Å². The van der Waals surface area contributed by atoms with Gasteiger partial charge >= 0.3 is 6.18 Å². The number of halogens is 4. The summed E-state index contributed by atoms with van der Waals surface area (Å²) in [4.78, 5) is 7.20. The number of hydrogen-bond donors (Lipinski definition) is 1. The van der Waals surface area contributed by atoms with Crippen LogP contribution in [0.4, 0.5) is 19.1 Å². The number of alkyl halides is 3. The van der Waals surface area contributed by atoms with E-state index < -0.39 is 11.9 Å². The van der Waals surface area contributed by atoms with Crippen LogP contribution < -0.4 is 5.32 Å². The zero-order valence-electron chi connectivity index (χ0n) is 9.03. The molecule has 0 unspecified atom stereocenters. The lowest BCUT2D eigenvalue weighted by Gasteiger charge is -2.09. The van der Waals surface area contributed by atoms with Crippen molar-refractivity contribution in [1.82, 2.24) is 19.7 Å². The first-order valence-corrected chi connectivity index (χ1v) is 5.12. The van der Waals surface area contributed by atoms with Gasteiger partial charge in [-0.2, -0.15) is 23.3 Å². The minimum absolute atomic E-state index is 0.0198. The molecule has 5 nitrogen and oxygen atoms in total. The van der Waals surface area contributed by atoms with Gasteiger partial charge in [0.05, 0.1) is 17.4 Å². The maximum atomic E-state index is 12.6. The first kappa shape index (κ1) is 12.6. The first-order valence-electron chi connectivity index (χ1n) is 4.75. The van der Waals surface area contributed by atoms with Gasteiger partial charge in [-0.1, -0.05) is 11.6 Å². The van der Waals surface area contributed by atoms with E-state index in [2.05, 4.69) is 20.4 Å². The van der Waals surface area contributed by atoms with Gasteiger partial charge in [-0.3, -0.25) is 0 Å². The molecule has 0 aromatic carbocycles. The second-order valence-electron chi connectivity index (χ2n) is 3.29. The second kappa shape index (κ2) is 4.45. The van der Waals surface area contributed by atoms with Crippen molar-refractivity contribution in [1.29, 1.82) is 0 Å². The molecule has 2 heterocycles. The lowest BCUT2D eigenvalue weighted by molar-refractivity contribution is -0.141. The molecule has 18 heavy (non-hydrogen) atoms. The number of nitrogens with one attached hydrogen (secondary N) is 1. The van der Waals surface area contributed by atoms with Crippen molar-refractivity contribution in [3.05, 3.63) is 29.2 Å². The monoisotopic (exact) mass is 277 g/mol. The van der Waals surface area contributed by atoms with Crippen molar-refractivity contribution in [2.75, 3.05) is 12.4 Å². The van der Waals surface area contributed by atoms with Gasteiger partial charge in [0.25, 0.3) is 0 Å². The fraction of sp³-hybridized carbons (Fsp3) is 0.222. The normalized spacial score (nSPS) is 11.6. The van der Waals surface area contributed by atoms with Crippen molar-refractivity contribution in [3.63, 3.8) is 0 Å². The molecule has 2 rings (SSSR count). The molecular weight excluding hydrogens is 271 g/mol. The van der Waals surface area contributed by atoms with E-state index in [1.165, 1.54) is 19.4 Å². The van der Waals surface area contributed by atoms with Crippen LogP contribution in [0, 0.1) is 0 Å². The Kier molecular flexibility index (Phi) is 3.12. The van der Waals surface area contributed by atoms with Crippen LogP contribution >= 0.6 is 11.6 Å². The van der Waals surface area contributed by atoms with Gasteiger partial charge < -0.3 is 5.32 Å². The number of hydrogen-bond acceptors (Lipinski definition) is 4. The number of aromatic nitrogens is 4. The molecule has 0 aliphatic carbocycles. The summed E-state index contributed by atoms with van der Waals surface area (Å²) >= 11 is 5.65. The summed E-state index contributed by atoms with van der Waals surface area (Å²) in [5.74, 6) is -0.167. The highest BCUT2D eigenvalue weighted by molar-refractivity contribution is 6.30. The molecule has 0 atom stereocenters. The molecule has 0 spiro atoms. The van der Waals surface area contributed by atoms with E-state index in [1.54, 1.807) is 0 Å². The van der Waals surface area contributed by atoms with Crippen LogP contribution in [0.2, 0.25) is 5.02 Å². The Morgan fingerprint density at radius 1 is 1.33 bits per heavy atom. The zero-order chi connectivity index (χ0) is 13.3. The summed E-state index contributed by atoms with van der Waals surface area (Å²) in [5, 5.41) is 6.54. The minimum Gasteiger partial charge on any atom is -0.357 e. The average Bonchev–Trinajstić information content (AvgIpc) is 2.74. The molecular formula is C9H7ClF3N5. The Morgan fingerprint density at radius 3 is 2.56 bits per heavy atom. The van der Waals surface area contributed by atoms with Crippen LogP contribution in [-0.2, 0) is 6.18 Å². The van der Waals surface area contributed by atoms with Gasteiger partial charge in [-0.15, -0.1) is 0 Å². The highest BCUT2D eigenvalue weighted by Crippen LogP contribution is 2.29. The molecule has 96 valence electrons. The quantitative estimate of drug-likeness (QED) is 0.916. The van der Waals surface area contributed by atoms with Gasteiger partial charge in [0.2, 0.25) is 5.95 Å². The molecule has 0 aliphatic rings. The van der Waals surface area contributed by atoms with Crippen LogP contribution in [0.5, 0.6) is 0 Å². The van der Waals surface area contributed by atoms with E-state index in [-0.39, 0.29) is 11.8 Å². The Hall–Kier alpha value is -1.83. The molecule has 0 aliphatic heterocycles. The third kappa shape index (κ3) is 2.53. The number of anilines is 1. The molecule has 0 amide bonds. The third-order valence-electron chi connectivity index (χ3n) is 2.01. The van der Waals surface area contributed by atoms with Crippen LogP contribution in [0.3, 0.4) is 0 Å². The van der Waals surface area contributed by atoms with Gasteiger partial charge in [0.1, 0.15) is 0 Å². The Labute approximate surface area is 105 Å². The maximum absolute atomic E-state index is 12.6. The molecule has 2 aromatic rings. The van der Waals surface area contributed by atoms with Crippen LogP contribution in [0.25, 0.3) is 5.82 Å². The minimum atomic E-state index is -4.56.